The van der Waals surface area contributed by atoms with Crippen LogP contribution >= 0.6 is 0 Å². The standard InChI is InChI=1S/C11H21N/c1-2-3-8-12-9-10-6-4-5-7-11(10)12/h10-11H,2-9H2,1H3/t10-,11-/m1/s1. The van der Waals surface area contributed by atoms with E-state index in [1.807, 2.05) is 0 Å². The summed E-state index contributed by atoms with van der Waals surface area (Å²) in [5.41, 5.74) is 0. The van der Waals surface area contributed by atoms with E-state index in [2.05, 4.69) is 11.8 Å². The van der Waals surface area contributed by atoms with Gasteiger partial charge < -0.3 is 0 Å². The maximum Gasteiger partial charge on any atom is 0.0136 e. The van der Waals surface area contributed by atoms with E-state index in [0.29, 0.717) is 0 Å². The Balaban J connectivity index is 1.73. The van der Waals surface area contributed by atoms with Gasteiger partial charge in [0.15, 0.2) is 0 Å². The van der Waals surface area contributed by atoms with Crippen molar-refractivity contribution in [2.45, 2.75) is 51.5 Å². The average Bonchev–Trinajstić information content (AvgIpc) is 2.07. The third-order valence-electron chi connectivity index (χ3n) is 3.61. The lowest BCUT2D eigenvalue weighted by Crippen LogP contribution is -2.57. The zero-order chi connectivity index (χ0) is 8.39. The van der Waals surface area contributed by atoms with Crippen molar-refractivity contribution in [3.05, 3.63) is 0 Å². The molecule has 2 fully saturated rings. The highest BCUT2D eigenvalue weighted by molar-refractivity contribution is 4.93. The second-order valence-electron chi connectivity index (χ2n) is 4.46. The lowest BCUT2D eigenvalue weighted by atomic mass is 9.77. The molecule has 1 heteroatoms. The van der Waals surface area contributed by atoms with E-state index in [-0.39, 0.29) is 0 Å². The minimum absolute atomic E-state index is 1.00. The minimum atomic E-state index is 1.00. The minimum Gasteiger partial charge on any atom is -0.300 e. The fourth-order valence-corrected chi connectivity index (χ4v) is 2.80. The summed E-state index contributed by atoms with van der Waals surface area (Å²) in [5, 5.41) is 0. The fourth-order valence-electron chi connectivity index (χ4n) is 2.80. The Hall–Kier alpha value is -0.0400. The first kappa shape index (κ1) is 8.55. The van der Waals surface area contributed by atoms with Crippen molar-refractivity contribution in [3.8, 4) is 0 Å². The third kappa shape index (κ3) is 1.52. The van der Waals surface area contributed by atoms with Gasteiger partial charge in [0.05, 0.1) is 0 Å². The molecule has 0 N–H and O–H groups in total. The molecule has 0 unspecified atom stereocenters. The molecule has 1 saturated carbocycles. The Morgan fingerprint density at radius 2 is 2.08 bits per heavy atom. The van der Waals surface area contributed by atoms with E-state index >= 15 is 0 Å². The Morgan fingerprint density at radius 1 is 1.25 bits per heavy atom. The van der Waals surface area contributed by atoms with Crippen LogP contribution in [-0.2, 0) is 0 Å². The summed E-state index contributed by atoms with van der Waals surface area (Å²) in [6, 6.07) is 1.00. The van der Waals surface area contributed by atoms with Crippen LogP contribution in [0.5, 0.6) is 0 Å². The molecule has 2 aliphatic rings. The third-order valence-corrected chi connectivity index (χ3v) is 3.61. The van der Waals surface area contributed by atoms with Crippen LogP contribution < -0.4 is 0 Å². The molecular weight excluding hydrogens is 146 g/mol. The van der Waals surface area contributed by atoms with Gasteiger partial charge in [0.25, 0.3) is 0 Å². The van der Waals surface area contributed by atoms with Crippen molar-refractivity contribution in [2.24, 2.45) is 5.92 Å². The van der Waals surface area contributed by atoms with Gasteiger partial charge in [-0.15, -0.1) is 0 Å². The van der Waals surface area contributed by atoms with Gasteiger partial charge in [-0.1, -0.05) is 26.2 Å². The summed E-state index contributed by atoms with van der Waals surface area (Å²) in [7, 11) is 0. The van der Waals surface area contributed by atoms with Crippen molar-refractivity contribution < 1.29 is 0 Å². The molecular formula is C11H21N. The van der Waals surface area contributed by atoms with Gasteiger partial charge in [0.1, 0.15) is 0 Å². The summed E-state index contributed by atoms with van der Waals surface area (Å²) >= 11 is 0. The Kier molecular flexibility index (Phi) is 2.69. The Labute approximate surface area is 76.1 Å². The molecule has 0 amide bonds. The Bertz CT molecular complexity index is 142. The molecule has 1 heterocycles. The monoisotopic (exact) mass is 167 g/mol. The predicted octanol–water partition coefficient (Wildman–Crippen LogP) is 2.66. The van der Waals surface area contributed by atoms with Crippen LogP contribution in [0.15, 0.2) is 0 Å². The van der Waals surface area contributed by atoms with Crippen molar-refractivity contribution in [1.29, 1.82) is 0 Å². The van der Waals surface area contributed by atoms with Gasteiger partial charge in [-0.05, 0) is 31.7 Å². The van der Waals surface area contributed by atoms with Crippen LogP contribution in [0.3, 0.4) is 0 Å². The SMILES string of the molecule is CCCCN1C[C@H]2CCCC[C@H]21. The summed E-state index contributed by atoms with van der Waals surface area (Å²) < 4.78 is 0. The van der Waals surface area contributed by atoms with Crippen molar-refractivity contribution in [1.82, 2.24) is 4.90 Å². The zero-order valence-electron chi connectivity index (χ0n) is 8.26. The number of hydrogen-bond donors (Lipinski definition) is 0. The van der Waals surface area contributed by atoms with Crippen molar-refractivity contribution in [2.75, 3.05) is 13.1 Å². The van der Waals surface area contributed by atoms with Crippen LogP contribution in [0.25, 0.3) is 0 Å². The normalized spacial score (nSPS) is 35.8. The van der Waals surface area contributed by atoms with Crippen molar-refractivity contribution in [3.63, 3.8) is 0 Å². The maximum atomic E-state index is 2.72. The zero-order valence-corrected chi connectivity index (χ0v) is 8.26. The van der Waals surface area contributed by atoms with Crippen LogP contribution in [0.2, 0.25) is 0 Å². The molecule has 0 radical (unpaired) electrons. The molecule has 1 nitrogen and oxygen atoms in total. The molecule has 0 bridgehead atoms. The number of nitrogens with zero attached hydrogens (tertiary/aromatic N) is 1. The number of likely N-dealkylation sites (tertiary alicyclic amines) is 1. The quantitative estimate of drug-likeness (QED) is 0.624. The first-order chi connectivity index (χ1) is 5.92. The second-order valence-corrected chi connectivity index (χ2v) is 4.46. The maximum absolute atomic E-state index is 2.72. The van der Waals surface area contributed by atoms with Gasteiger partial charge in [-0.3, -0.25) is 4.90 Å². The average molecular weight is 167 g/mol. The number of hydrogen-bond acceptors (Lipinski definition) is 1. The summed E-state index contributed by atoms with van der Waals surface area (Å²) in [4.78, 5) is 2.72. The molecule has 2 rings (SSSR count). The molecule has 2 atom stereocenters. The van der Waals surface area contributed by atoms with Crippen LogP contribution in [0.4, 0.5) is 0 Å². The fraction of sp³-hybridized carbons (Fsp3) is 1.00. The van der Waals surface area contributed by atoms with Gasteiger partial charge in [0, 0.05) is 12.6 Å². The number of fused-ring (bicyclic) bond motifs is 1. The van der Waals surface area contributed by atoms with Crippen molar-refractivity contribution >= 4 is 0 Å². The largest absolute Gasteiger partial charge is 0.300 e. The van der Waals surface area contributed by atoms with Gasteiger partial charge in [0.2, 0.25) is 0 Å². The summed E-state index contributed by atoms with van der Waals surface area (Å²) in [6.45, 7) is 5.08. The highest BCUT2D eigenvalue weighted by Gasteiger charge is 2.38. The second kappa shape index (κ2) is 3.78. The van der Waals surface area contributed by atoms with E-state index in [0.717, 1.165) is 12.0 Å². The molecule has 1 aliphatic heterocycles. The molecule has 1 aliphatic carbocycles. The molecule has 70 valence electrons. The molecule has 0 spiro atoms. The summed E-state index contributed by atoms with van der Waals surface area (Å²) in [5.74, 6) is 1.09. The van der Waals surface area contributed by atoms with Gasteiger partial charge in [-0.25, -0.2) is 0 Å². The number of rotatable bonds is 3. The lowest BCUT2D eigenvalue weighted by Gasteiger charge is -2.51. The molecule has 0 aromatic carbocycles. The van der Waals surface area contributed by atoms with Gasteiger partial charge in [-0.2, -0.15) is 0 Å². The topological polar surface area (TPSA) is 3.24 Å². The molecule has 1 saturated heterocycles. The van der Waals surface area contributed by atoms with Gasteiger partial charge >= 0.3 is 0 Å². The molecule has 12 heavy (non-hydrogen) atoms. The molecule has 0 aromatic rings. The van der Waals surface area contributed by atoms with E-state index in [4.69, 9.17) is 0 Å². The van der Waals surface area contributed by atoms with E-state index < -0.39 is 0 Å². The first-order valence-electron chi connectivity index (χ1n) is 5.66. The smallest absolute Gasteiger partial charge is 0.0136 e. The lowest BCUT2D eigenvalue weighted by molar-refractivity contribution is -0.0147. The highest BCUT2D eigenvalue weighted by Crippen LogP contribution is 2.36. The number of unbranched alkanes of at least 4 members (excludes halogenated alkanes) is 1. The van der Waals surface area contributed by atoms with E-state index in [1.165, 1.54) is 51.6 Å². The van der Waals surface area contributed by atoms with Crippen LogP contribution in [-0.4, -0.2) is 24.0 Å². The van der Waals surface area contributed by atoms with Crippen LogP contribution in [0.1, 0.15) is 45.4 Å². The predicted molar refractivity (Wildman–Crippen MR) is 52.2 cm³/mol. The van der Waals surface area contributed by atoms with Crippen LogP contribution in [0, 0.1) is 5.92 Å². The Morgan fingerprint density at radius 3 is 2.83 bits per heavy atom. The van der Waals surface area contributed by atoms with E-state index in [9.17, 15) is 0 Å². The first-order valence-corrected chi connectivity index (χ1v) is 5.66. The molecule has 0 aromatic heterocycles. The summed E-state index contributed by atoms with van der Waals surface area (Å²) in [6.07, 6.45) is 8.77. The van der Waals surface area contributed by atoms with E-state index in [1.54, 1.807) is 0 Å². The highest BCUT2D eigenvalue weighted by atomic mass is 15.2.